The fourth-order valence-corrected chi connectivity index (χ4v) is 3.19. The molecule has 2 N–H and O–H groups in total. The minimum atomic E-state index is -0.796. The van der Waals surface area contributed by atoms with Crippen LogP contribution in [0, 0.1) is 13.8 Å². The van der Waals surface area contributed by atoms with Gasteiger partial charge in [0.2, 0.25) is 0 Å². The molecule has 2 aromatic rings. The van der Waals surface area contributed by atoms with E-state index in [1.165, 1.54) is 11.3 Å². The molecule has 0 spiro atoms. The van der Waals surface area contributed by atoms with Crippen LogP contribution in [0.3, 0.4) is 0 Å². The van der Waals surface area contributed by atoms with Gasteiger partial charge in [0.05, 0.1) is 12.1 Å². The molecule has 0 aliphatic heterocycles. The lowest BCUT2D eigenvalue weighted by Crippen LogP contribution is -2.18. The van der Waals surface area contributed by atoms with Crippen LogP contribution in [0.5, 0.6) is 0 Å². The average molecular weight is 294 g/mol. The number of rotatable bonds is 6. The molecule has 1 unspecified atom stereocenters. The quantitative estimate of drug-likeness (QED) is 0.857. The number of nitrogens with one attached hydrogen (secondary N) is 1. The van der Waals surface area contributed by atoms with Gasteiger partial charge in [0, 0.05) is 27.9 Å². The molecule has 2 heterocycles. The first kappa shape index (κ1) is 14.7. The van der Waals surface area contributed by atoms with Crippen LogP contribution in [0.25, 0.3) is 0 Å². The zero-order valence-corrected chi connectivity index (χ0v) is 12.6. The van der Waals surface area contributed by atoms with E-state index in [1.54, 1.807) is 0 Å². The van der Waals surface area contributed by atoms with Crippen molar-refractivity contribution in [2.75, 3.05) is 0 Å². The monoisotopic (exact) mass is 294 g/mol. The topological polar surface area (TPSA) is 75.4 Å². The Hall–Kier alpha value is -1.66. The number of carboxylic acids is 1. The van der Waals surface area contributed by atoms with Gasteiger partial charge in [-0.25, -0.2) is 0 Å². The highest BCUT2D eigenvalue weighted by molar-refractivity contribution is 7.12. The van der Waals surface area contributed by atoms with Crippen LogP contribution < -0.4 is 5.32 Å². The van der Waals surface area contributed by atoms with Crippen LogP contribution in [0.2, 0.25) is 0 Å². The predicted molar refractivity (Wildman–Crippen MR) is 76.9 cm³/mol. The Morgan fingerprint density at radius 1 is 1.45 bits per heavy atom. The fourth-order valence-electron chi connectivity index (χ4n) is 2.23. The normalized spacial score (nSPS) is 12.6. The van der Waals surface area contributed by atoms with Crippen LogP contribution in [0.4, 0.5) is 0 Å². The first-order chi connectivity index (χ1) is 9.47. The van der Waals surface area contributed by atoms with E-state index in [-0.39, 0.29) is 12.5 Å². The second-order valence-corrected chi connectivity index (χ2v) is 6.03. The van der Waals surface area contributed by atoms with Crippen molar-refractivity contribution < 1.29 is 14.4 Å². The second kappa shape index (κ2) is 6.19. The van der Waals surface area contributed by atoms with Crippen molar-refractivity contribution >= 4 is 17.3 Å². The van der Waals surface area contributed by atoms with Gasteiger partial charge < -0.3 is 14.9 Å². The van der Waals surface area contributed by atoms with Crippen LogP contribution in [-0.4, -0.2) is 16.2 Å². The number of hydrogen-bond donors (Lipinski definition) is 2. The number of aromatic nitrogens is 1. The van der Waals surface area contributed by atoms with E-state index in [9.17, 15) is 4.79 Å². The summed E-state index contributed by atoms with van der Waals surface area (Å²) in [7, 11) is 0. The largest absolute Gasteiger partial charge is 0.481 e. The molecule has 2 aromatic heterocycles. The Balaban J connectivity index is 1.95. The molecule has 0 amide bonds. The van der Waals surface area contributed by atoms with Crippen molar-refractivity contribution in [1.29, 1.82) is 0 Å². The van der Waals surface area contributed by atoms with Gasteiger partial charge in [-0.15, -0.1) is 11.3 Å². The summed E-state index contributed by atoms with van der Waals surface area (Å²) in [6.07, 6.45) is 0.0874. The lowest BCUT2D eigenvalue weighted by Gasteiger charge is -2.12. The third kappa shape index (κ3) is 3.46. The molecule has 20 heavy (non-hydrogen) atoms. The van der Waals surface area contributed by atoms with Crippen LogP contribution >= 0.6 is 11.3 Å². The van der Waals surface area contributed by atoms with E-state index in [1.807, 2.05) is 26.0 Å². The predicted octanol–water partition coefficient (Wildman–Crippen LogP) is 2.83. The molecule has 0 aromatic carbocycles. The Morgan fingerprint density at radius 2 is 2.15 bits per heavy atom. The molecule has 5 nitrogen and oxygen atoms in total. The van der Waals surface area contributed by atoms with Gasteiger partial charge in [0.25, 0.3) is 0 Å². The second-order valence-electron chi connectivity index (χ2n) is 4.78. The van der Waals surface area contributed by atoms with Crippen LogP contribution in [-0.2, 0) is 17.8 Å². The molecule has 0 bridgehead atoms. The molecule has 2 rings (SSSR count). The third-order valence-corrected chi connectivity index (χ3v) is 4.23. The molecule has 0 radical (unpaired) electrons. The summed E-state index contributed by atoms with van der Waals surface area (Å²) < 4.78 is 5.16. The number of nitrogens with zero attached hydrogens (tertiary/aromatic N) is 1. The lowest BCUT2D eigenvalue weighted by atomic mass is 10.1. The SMILES string of the molecule is Cc1noc(C)c1C(C)NCc1ccc(CC(=O)O)s1. The summed E-state index contributed by atoms with van der Waals surface area (Å²) in [5.74, 6) is 0.0377. The third-order valence-electron chi connectivity index (χ3n) is 3.15. The summed E-state index contributed by atoms with van der Waals surface area (Å²) in [6, 6.07) is 3.98. The van der Waals surface area contributed by atoms with Gasteiger partial charge in [-0.2, -0.15) is 0 Å². The molecule has 108 valence electrons. The van der Waals surface area contributed by atoms with Crippen LogP contribution in [0.1, 0.15) is 39.7 Å². The maximum Gasteiger partial charge on any atom is 0.308 e. The lowest BCUT2D eigenvalue weighted by molar-refractivity contribution is -0.136. The number of hydrogen-bond acceptors (Lipinski definition) is 5. The molecule has 6 heteroatoms. The van der Waals surface area contributed by atoms with E-state index in [0.29, 0.717) is 6.54 Å². The Kier molecular flexibility index (Phi) is 4.57. The minimum absolute atomic E-state index is 0.0874. The molecule has 0 saturated carbocycles. The molecule has 1 atom stereocenters. The molecule has 0 aliphatic carbocycles. The van der Waals surface area contributed by atoms with Gasteiger partial charge in [-0.3, -0.25) is 4.79 Å². The van der Waals surface area contributed by atoms with Gasteiger partial charge in [0.1, 0.15) is 5.76 Å². The van der Waals surface area contributed by atoms with E-state index < -0.39 is 5.97 Å². The number of aryl methyl sites for hydroxylation is 2. The number of thiophene rings is 1. The highest BCUT2D eigenvalue weighted by Gasteiger charge is 2.16. The maximum absolute atomic E-state index is 10.6. The van der Waals surface area contributed by atoms with Gasteiger partial charge in [-0.05, 0) is 32.9 Å². The zero-order valence-electron chi connectivity index (χ0n) is 11.8. The van der Waals surface area contributed by atoms with E-state index in [2.05, 4.69) is 17.4 Å². The average Bonchev–Trinajstić information content (AvgIpc) is 2.93. The summed E-state index contributed by atoms with van der Waals surface area (Å²) in [6.45, 7) is 6.61. The molecular weight excluding hydrogens is 276 g/mol. The van der Waals surface area contributed by atoms with Crippen molar-refractivity contribution in [3.05, 3.63) is 38.9 Å². The van der Waals surface area contributed by atoms with Crippen molar-refractivity contribution in [3.8, 4) is 0 Å². The fraction of sp³-hybridized carbons (Fsp3) is 0.429. The van der Waals surface area contributed by atoms with Crippen LogP contribution in [0.15, 0.2) is 16.7 Å². The first-order valence-corrected chi connectivity index (χ1v) is 7.24. The minimum Gasteiger partial charge on any atom is -0.481 e. The number of carbonyl (C=O) groups is 1. The van der Waals surface area contributed by atoms with E-state index >= 15 is 0 Å². The molecule has 0 fully saturated rings. The van der Waals surface area contributed by atoms with Crippen molar-refractivity contribution in [2.45, 2.75) is 39.8 Å². The van der Waals surface area contributed by atoms with Gasteiger partial charge in [-0.1, -0.05) is 5.16 Å². The van der Waals surface area contributed by atoms with Gasteiger partial charge >= 0.3 is 5.97 Å². The Labute approximate surface area is 121 Å². The Bertz CT molecular complexity index is 584. The van der Waals surface area contributed by atoms with Crippen molar-refractivity contribution in [2.24, 2.45) is 0 Å². The first-order valence-electron chi connectivity index (χ1n) is 6.43. The highest BCUT2D eigenvalue weighted by atomic mass is 32.1. The molecular formula is C14H18N2O3S. The summed E-state index contributed by atoms with van der Waals surface area (Å²) in [5.41, 5.74) is 1.99. The van der Waals surface area contributed by atoms with Gasteiger partial charge in [0.15, 0.2) is 0 Å². The highest BCUT2D eigenvalue weighted by Crippen LogP contribution is 2.22. The van der Waals surface area contributed by atoms with Crippen molar-refractivity contribution in [1.82, 2.24) is 10.5 Å². The smallest absolute Gasteiger partial charge is 0.308 e. The standard InChI is InChI=1S/C14H18N2O3S/c1-8(14-9(2)16-19-10(14)3)15-7-12-5-4-11(20-12)6-13(17)18/h4-5,8,15H,6-7H2,1-3H3,(H,17,18). The zero-order chi connectivity index (χ0) is 14.7. The summed E-state index contributed by atoms with van der Waals surface area (Å²) in [4.78, 5) is 12.6. The Morgan fingerprint density at radius 3 is 2.75 bits per heavy atom. The summed E-state index contributed by atoms with van der Waals surface area (Å²) in [5, 5.41) is 16.1. The van der Waals surface area contributed by atoms with Crippen molar-refractivity contribution in [3.63, 3.8) is 0 Å². The molecule has 0 aliphatic rings. The number of carboxylic acid groups (broad SMARTS) is 1. The number of aliphatic carboxylic acids is 1. The molecule has 0 saturated heterocycles. The van der Waals surface area contributed by atoms with E-state index in [0.717, 1.165) is 26.8 Å². The van der Waals surface area contributed by atoms with E-state index in [4.69, 9.17) is 9.63 Å². The maximum atomic E-state index is 10.6. The summed E-state index contributed by atoms with van der Waals surface area (Å²) >= 11 is 1.53.